The van der Waals surface area contributed by atoms with Gasteiger partial charge >= 0.3 is 0 Å². The van der Waals surface area contributed by atoms with Crippen LogP contribution in [0.25, 0.3) is 11.3 Å². The minimum absolute atomic E-state index is 0.235. The van der Waals surface area contributed by atoms with E-state index in [1.165, 1.54) is 31.5 Å². The third kappa shape index (κ3) is 3.58. The first-order valence-corrected chi connectivity index (χ1v) is 9.58. The van der Waals surface area contributed by atoms with Crippen LogP contribution in [-0.4, -0.2) is 46.3 Å². The molecule has 0 aromatic carbocycles. The topological polar surface area (TPSA) is 82.4 Å². The molecule has 0 spiro atoms. The van der Waals surface area contributed by atoms with Gasteiger partial charge in [0.1, 0.15) is 6.54 Å². The lowest BCUT2D eigenvalue weighted by molar-refractivity contribution is 0.0992. The van der Waals surface area contributed by atoms with Crippen molar-refractivity contribution in [3.63, 3.8) is 0 Å². The minimum atomic E-state index is -2.53. The molecule has 0 bridgehead atoms. The number of ether oxygens (including phenoxy) is 2. The number of carbonyl (C=O) groups is 1. The molecular weight excluding hydrogens is 408 g/mol. The fourth-order valence-electron chi connectivity index (χ4n) is 3.78. The lowest BCUT2D eigenvalue weighted by atomic mass is 10.0. The number of alkyl halides is 2. The second kappa shape index (κ2) is 7.93. The molecule has 0 saturated carbocycles. The van der Waals surface area contributed by atoms with Gasteiger partial charge in [-0.05, 0) is 31.5 Å². The number of anilines is 1. The maximum Gasteiger partial charge on any atom is 0.261 e. The van der Waals surface area contributed by atoms with Crippen molar-refractivity contribution in [3.8, 4) is 22.9 Å². The Morgan fingerprint density at radius 2 is 1.97 bits per heavy atom. The summed E-state index contributed by atoms with van der Waals surface area (Å²) < 4.78 is 37.0. The number of rotatable bonds is 6. The molecule has 3 aromatic heterocycles. The van der Waals surface area contributed by atoms with Crippen LogP contribution in [0.5, 0.6) is 11.6 Å². The summed E-state index contributed by atoms with van der Waals surface area (Å²) in [6.07, 6.45) is 1.96. The molecule has 4 rings (SSSR count). The molecule has 1 aliphatic rings. The van der Waals surface area contributed by atoms with Crippen LogP contribution in [0.15, 0.2) is 30.7 Å². The highest BCUT2D eigenvalue weighted by Gasteiger charge is 2.38. The summed E-state index contributed by atoms with van der Waals surface area (Å²) >= 11 is 0. The van der Waals surface area contributed by atoms with Crippen molar-refractivity contribution in [2.45, 2.75) is 32.9 Å². The number of methoxy groups -OCH3 is 2. The predicted molar refractivity (Wildman–Crippen MR) is 109 cm³/mol. The number of aromatic nitrogens is 4. The molecule has 31 heavy (non-hydrogen) atoms. The van der Waals surface area contributed by atoms with Crippen molar-refractivity contribution < 1.29 is 23.0 Å². The molecule has 1 unspecified atom stereocenters. The number of halogens is 2. The van der Waals surface area contributed by atoms with Gasteiger partial charge in [-0.3, -0.25) is 14.4 Å². The lowest BCUT2D eigenvalue weighted by Crippen LogP contribution is -2.26. The molecule has 1 amide bonds. The van der Waals surface area contributed by atoms with Gasteiger partial charge in [0.15, 0.2) is 5.75 Å². The monoisotopic (exact) mass is 429 g/mol. The zero-order chi connectivity index (χ0) is 22.3. The Morgan fingerprint density at radius 3 is 2.65 bits per heavy atom. The normalized spacial score (nSPS) is 15.5. The van der Waals surface area contributed by atoms with Gasteiger partial charge in [-0.25, -0.2) is 18.7 Å². The average Bonchev–Trinajstić information content (AvgIpc) is 3.28. The number of aryl methyl sites for hydroxylation is 1. The number of hydrogen-bond acceptors (Lipinski definition) is 6. The van der Waals surface area contributed by atoms with Gasteiger partial charge in [-0.1, -0.05) is 0 Å². The molecule has 0 aliphatic carbocycles. The van der Waals surface area contributed by atoms with Gasteiger partial charge in [0, 0.05) is 18.0 Å². The molecule has 0 radical (unpaired) electrons. The van der Waals surface area contributed by atoms with Gasteiger partial charge in [-0.2, -0.15) is 5.10 Å². The van der Waals surface area contributed by atoms with Crippen molar-refractivity contribution in [3.05, 3.63) is 47.5 Å². The number of pyridine rings is 2. The Bertz CT molecular complexity index is 1150. The van der Waals surface area contributed by atoms with Crippen LogP contribution in [0.3, 0.4) is 0 Å². The molecule has 0 fully saturated rings. The first-order valence-electron chi connectivity index (χ1n) is 9.58. The van der Waals surface area contributed by atoms with E-state index in [4.69, 9.17) is 14.5 Å². The number of hydrogen-bond donors (Lipinski definition) is 0. The van der Waals surface area contributed by atoms with Crippen LogP contribution in [0.2, 0.25) is 0 Å². The molecule has 0 N–H and O–H groups in total. The SMILES string of the molecule is COc1cc(-c2cc(C)c3c(n2)C(C)N(c2cnn(CC(F)F)c2)C3=O)cnc1OC. The first-order chi connectivity index (χ1) is 14.8. The zero-order valence-corrected chi connectivity index (χ0v) is 17.5. The third-order valence-electron chi connectivity index (χ3n) is 5.21. The van der Waals surface area contributed by atoms with E-state index < -0.39 is 19.0 Å². The van der Waals surface area contributed by atoms with Crippen molar-refractivity contribution in [1.29, 1.82) is 0 Å². The first kappa shape index (κ1) is 20.7. The van der Waals surface area contributed by atoms with Gasteiger partial charge in [0.05, 0.1) is 49.1 Å². The number of amides is 1. The maximum absolute atomic E-state index is 13.1. The Kier molecular flexibility index (Phi) is 5.30. The number of carbonyl (C=O) groups excluding carboxylic acids is 1. The second-order valence-corrected chi connectivity index (χ2v) is 7.18. The summed E-state index contributed by atoms with van der Waals surface area (Å²) in [6, 6.07) is 3.20. The van der Waals surface area contributed by atoms with E-state index in [-0.39, 0.29) is 5.91 Å². The summed E-state index contributed by atoms with van der Waals surface area (Å²) in [5, 5.41) is 3.94. The van der Waals surface area contributed by atoms with E-state index in [2.05, 4.69) is 10.1 Å². The molecule has 0 saturated heterocycles. The van der Waals surface area contributed by atoms with E-state index in [1.54, 1.807) is 12.3 Å². The maximum atomic E-state index is 13.1. The average molecular weight is 429 g/mol. The summed E-state index contributed by atoms with van der Waals surface area (Å²) in [7, 11) is 3.03. The Balaban J connectivity index is 1.72. The van der Waals surface area contributed by atoms with Crippen LogP contribution in [0.4, 0.5) is 14.5 Å². The fourth-order valence-corrected chi connectivity index (χ4v) is 3.78. The molecular formula is C21H21F2N5O3. The minimum Gasteiger partial charge on any atom is -0.491 e. The van der Waals surface area contributed by atoms with Crippen LogP contribution >= 0.6 is 0 Å². The molecule has 8 nitrogen and oxygen atoms in total. The van der Waals surface area contributed by atoms with Gasteiger partial charge in [0.2, 0.25) is 0 Å². The third-order valence-corrected chi connectivity index (χ3v) is 5.21. The van der Waals surface area contributed by atoms with Crippen molar-refractivity contribution in [1.82, 2.24) is 19.7 Å². The largest absolute Gasteiger partial charge is 0.491 e. The molecule has 10 heteroatoms. The summed E-state index contributed by atoms with van der Waals surface area (Å²) in [6.45, 7) is 3.15. The van der Waals surface area contributed by atoms with Gasteiger partial charge < -0.3 is 9.47 Å². The predicted octanol–water partition coefficient (Wildman–Crippen LogP) is 3.65. The molecule has 1 aliphatic heterocycles. The van der Waals surface area contributed by atoms with Crippen molar-refractivity contribution in [2.75, 3.05) is 19.1 Å². The van der Waals surface area contributed by atoms with Crippen LogP contribution in [0.1, 0.15) is 34.6 Å². The van der Waals surface area contributed by atoms with Gasteiger partial charge in [0.25, 0.3) is 18.2 Å². The van der Waals surface area contributed by atoms with E-state index in [1.807, 2.05) is 19.9 Å². The van der Waals surface area contributed by atoms with E-state index in [9.17, 15) is 13.6 Å². The Labute approximate surface area is 177 Å². The lowest BCUT2D eigenvalue weighted by Gasteiger charge is -2.19. The zero-order valence-electron chi connectivity index (χ0n) is 17.5. The highest BCUT2D eigenvalue weighted by Crippen LogP contribution is 2.39. The quantitative estimate of drug-likeness (QED) is 0.595. The molecule has 162 valence electrons. The fraction of sp³-hybridized carbons (Fsp3) is 0.333. The summed E-state index contributed by atoms with van der Waals surface area (Å²) in [5.41, 5.74) is 3.67. The Morgan fingerprint density at radius 1 is 1.19 bits per heavy atom. The van der Waals surface area contributed by atoms with Crippen LogP contribution in [0, 0.1) is 6.92 Å². The van der Waals surface area contributed by atoms with E-state index >= 15 is 0 Å². The van der Waals surface area contributed by atoms with Crippen molar-refractivity contribution in [2.24, 2.45) is 0 Å². The molecule has 3 aromatic rings. The summed E-state index contributed by atoms with van der Waals surface area (Å²) in [4.78, 5) is 23.7. The number of fused-ring (bicyclic) bond motifs is 1. The summed E-state index contributed by atoms with van der Waals surface area (Å²) in [5.74, 6) is 0.595. The van der Waals surface area contributed by atoms with Crippen LogP contribution in [-0.2, 0) is 6.54 Å². The number of nitrogens with zero attached hydrogens (tertiary/aromatic N) is 5. The smallest absolute Gasteiger partial charge is 0.261 e. The van der Waals surface area contributed by atoms with Crippen molar-refractivity contribution >= 4 is 11.6 Å². The van der Waals surface area contributed by atoms with Gasteiger partial charge in [-0.15, -0.1) is 0 Å². The standard InChI is InChI=1S/C21H21F2N5O3/c1-11-5-15(13-6-16(30-3)20(31-4)24-7-13)26-19-12(2)28(21(29)18(11)19)14-8-25-27(9-14)10-17(22)23/h5-9,12,17H,10H2,1-4H3. The molecule has 4 heterocycles. The van der Waals surface area contributed by atoms with E-state index in [0.717, 1.165) is 10.2 Å². The second-order valence-electron chi connectivity index (χ2n) is 7.18. The molecule has 1 atom stereocenters. The highest BCUT2D eigenvalue weighted by atomic mass is 19.3. The Hall–Kier alpha value is -3.56. The van der Waals surface area contributed by atoms with Crippen LogP contribution < -0.4 is 14.4 Å². The highest BCUT2D eigenvalue weighted by molar-refractivity contribution is 6.11. The van der Waals surface area contributed by atoms with E-state index in [0.29, 0.717) is 39.8 Å².